The van der Waals surface area contributed by atoms with Gasteiger partial charge in [0.2, 0.25) is 10.0 Å². The summed E-state index contributed by atoms with van der Waals surface area (Å²) in [7, 11) is -3.36. The minimum atomic E-state index is -3.36. The molecule has 4 N–H and O–H groups in total. The van der Waals surface area contributed by atoms with Gasteiger partial charge in [-0.1, -0.05) is 24.5 Å². The molecule has 1 aromatic carbocycles. The first kappa shape index (κ1) is 21.0. The third-order valence-electron chi connectivity index (χ3n) is 6.26. The number of nitrogens with zero attached hydrogens (tertiary/aromatic N) is 3. The molecule has 2 fully saturated rings. The molecule has 2 atom stereocenters. The summed E-state index contributed by atoms with van der Waals surface area (Å²) in [6.45, 7) is 0.634. The highest BCUT2D eigenvalue weighted by Gasteiger charge is 2.48. The summed E-state index contributed by atoms with van der Waals surface area (Å²) in [5.74, 6) is 0.185. The first-order chi connectivity index (χ1) is 14.2. The van der Waals surface area contributed by atoms with E-state index in [4.69, 9.17) is 5.73 Å². The minimum Gasteiger partial charge on any atom is -0.347 e. The average Bonchev–Trinajstić information content (AvgIpc) is 3.26. The second-order valence-electron chi connectivity index (χ2n) is 8.81. The molecule has 4 rings (SSSR count). The molecule has 1 aliphatic heterocycles. The number of nitrogens with two attached hydrogens (primary N) is 1. The molecule has 0 spiro atoms. The summed E-state index contributed by atoms with van der Waals surface area (Å²) in [5, 5.41) is 13.9. The fraction of sp³-hybridized carbons (Fsp3) is 0.650. The van der Waals surface area contributed by atoms with E-state index in [9.17, 15) is 13.2 Å². The number of rotatable bonds is 7. The monoisotopic (exact) mass is 434 g/mol. The zero-order valence-corrected chi connectivity index (χ0v) is 18.1. The molecule has 1 heterocycles. The quantitative estimate of drug-likeness (QED) is 0.606. The summed E-state index contributed by atoms with van der Waals surface area (Å²) in [6, 6.07) is 6.23. The van der Waals surface area contributed by atoms with E-state index >= 15 is 0 Å². The van der Waals surface area contributed by atoms with Crippen LogP contribution in [0.15, 0.2) is 34.6 Å². The first-order valence-corrected chi connectivity index (χ1v) is 12.5. The lowest BCUT2D eigenvalue weighted by molar-refractivity contribution is 0.0896. The van der Waals surface area contributed by atoms with Crippen molar-refractivity contribution in [3.05, 3.63) is 29.8 Å². The standard InChI is InChI=1S/C20H30N6O3S/c1-30(28,29)24-16-9-7-15(8-10-16)19(27)22-18(14-5-3-2-4-6-14)17-13-26(25-23-17)20(21)11-12-20/h7-10,14,17-18,24H,2-6,11-13,21H2,1H3,(H,22,27)/t17?,18-/m0/s1. The largest absolute Gasteiger partial charge is 0.347 e. The summed E-state index contributed by atoms with van der Waals surface area (Å²) in [6.07, 6.45) is 8.64. The van der Waals surface area contributed by atoms with Gasteiger partial charge in [-0.05, 0) is 55.9 Å². The van der Waals surface area contributed by atoms with Crippen molar-refractivity contribution in [3.63, 3.8) is 0 Å². The Morgan fingerprint density at radius 1 is 1.20 bits per heavy atom. The van der Waals surface area contributed by atoms with Gasteiger partial charge in [0.05, 0.1) is 18.8 Å². The maximum atomic E-state index is 13.0. The molecule has 2 saturated carbocycles. The van der Waals surface area contributed by atoms with Crippen LogP contribution in [-0.2, 0) is 10.0 Å². The number of amides is 1. The van der Waals surface area contributed by atoms with E-state index in [1.165, 1.54) is 6.42 Å². The van der Waals surface area contributed by atoms with E-state index in [0.29, 0.717) is 23.7 Å². The normalized spacial score (nSPS) is 24.5. The molecular formula is C20H30N6O3S. The van der Waals surface area contributed by atoms with Crippen LogP contribution in [0.2, 0.25) is 0 Å². The number of hydrogen-bond donors (Lipinski definition) is 3. The lowest BCUT2D eigenvalue weighted by atomic mass is 9.81. The van der Waals surface area contributed by atoms with Gasteiger partial charge in [-0.3, -0.25) is 14.5 Å². The van der Waals surface area contributed by atoms with Gasteiger partial charge in [0.15, 0.2) is 0 Å². The van der Waals surface area contributed by atoms with E-state index in [-0.39, 0.29) is 23.7 Å². The number of benzene rings is 1. The number of hydrogen-bond acceptors (Lipinski definition) is 7. The van der Waals surface area contributed by atoms with Gasteiger partial charge in [0.1, 0.15) is 11.7 Å². The van der Waals surface area contributed by atoms with E-state index < -0.39 is 10.0 Å². The van der Waals surface area contributed by atoms with Crippen LogP contribution in [0, 0.1) is 5.92 Å². The van der Waals surface area contributed by atoms with Crippen LogP contribution in [0.3, 0.4) is 0 Å². The van der Waals surface area contributed by atoms with Gasteiger partial charge in [-0.2, -0.15) is 5.11 Å². The highest BCUT2D eigenvalue weighted by Crippen LogP contribution is 2.39. The second kappa shape index (κ2) is 8.14. The van der Waals surface area contributed by atoms with E-state index in [2.05, 4.69) is 20.4 Å². The fourth-order valence-corrected chi connectivity index (χ4v) is 4.95. The van der Waals surface area contributed by atoms with Crippen molar-refractivity contribution in [3.8, 4) is 0 Å². The average molecular weight is 435 g/mol. The van der Waals surface area contributed by atoms with Crippen molar-refractivity contribution >= 4 is 21.6 Å². The molecule has 1 unspecified atom stereocenters. The number of carbonyl (C=O) groups excluding carboxylic acids is 1. The number of anilines is 1. The van der Waals surface area contributed by atoms with Crippen molar-refractivity contribution in [2.75, 3.05) is 17.5 Å². The Kier molecular flexibility index (Phi) is 5.71. The molecule has 0 aromatic heterocycles. The lowest BCUT2D eigenvalue weighted by Crippen LogP contribution is -2.51. The highest BCUT2D eigenvalue weighted by atomic mass is 32.2. The maximum absolute atomic E-state index is 13.0. The summed E-state index contributed by atoms with van der Waals surface area (Å²) in [5.41, 5.74) is 6.83. The minimum absolute atomic E-state index is 0.0947. The molecule has 0 saturated heterocycles. The molecule has 164 valence electrons. The van der Waals surface area contributed by atoms with Crippen molar-refractivity contribution in [1.82, 2.24) is 10.3 Å². The predicted molar refractivity (Wildman–Crippen MR) is 114 cm³/mol. The highest BCUT2D eigenvalue weighted by molar-refractivity contribution is 7.92. The Morgan fingerprint density at radius 2 is 1.87 bits per heavy atom. The van der Waals surface area contributed by atoms with Crippen LogP contribution in [0.4, 0.5) is 5.69 Å². The van der Waals surface area contributed by atoms with Crippen LogP contribution in [0.25, 0.3) is 0 Å². The molecule has 0 radical (unpaired) electrons. The van der Waals surface area contributed by atoms with Crippen LogP contribution in [0.5, 0.6) is 0 Å². The van der Waals surface area contributed by atoms with Crippen LogP contribution in [-0.4, -0.2) is 49.9 Å². The summed E-state index contributed by atoms with van der Waals surface area (Å²) in [4.78, 5) is 13.0. The first-order valence-electron chi connectivity index (χ1n) is 10.6. The van der Waals surface area contributed by atoms with Crippen molar-refractivity contribution in [2.24, 2.45) is 22.0 Å². The van der Waals surface area contributed by atoms with E-state index in [0.717, 1.165) is 44.8 Å². The molecule has 10 heteroatoms. The van der Waals surface area contributed by atoms with E-state index in [1.807, 2.05) is 5.01 Å². The Morgan fingerprint density at radius 3 is 2.47 bits per heavy atom. The number of nitrogens with one attached hydrogen (secondary N) is 2. The van der Waals surface area contributed by atoms with Crippen LogP contribution < -0.4 is 15.8 Å². The van der Waals surface area contributed by atoms with E-state index in [1.54, 1.807) is 24.3 Å². The molecule has 3 aliphatic rings. The van der Waals surface area contributed by atoms with Crippen LogP contribution in [0.1, 0.15) is 55.3 Å². The van der Waals surface area contributed by atoms with Gasteiger partial charge < -0.3 is 11.1 Å². The lowest BCUT2D eigenvalue weighted by Gasteiger charge is -2.33. The van der Waals surface area contributed by atoms with Gasteiger partial charge in [0.25, 0.3) is 5.91 Å². The van der Waals surface area contributed by atoms with Crippen LogP contribution >= 0.6 is 0 Å². The third-order valence-corrected chi connectivity index (χ3v) is 6.87. The molecule has 1 aromatic rings. The van der Waals surface area contributed by atoms with Gasteiger partial charge >= 0.3 is 0 Å². The SMILES string of the molecule is CS(=O)(=O)Nc1ccc(C(=O)N[C@@H](C2CCCCC2)C2CN(C3(N)CC3)N=N2)cc1. The molecular weight excluding hydrogens is 404 g/mol. The predicted octanol–water partition coefficient (Wildman–Crippen LogP) is 2.24. The second-order valence-corrected chi connectivity index (χ2v) is 10.6. The third kappa shape index (κ3) is 4.92. The Balaban J connectivity index is 1.46. The molecule has 1 amide bonds. The van der Waals surface area contributed by atoms with Crippen molar-refractivity contribution in [2.45, 2.75) is 62.7 Å². The van der Waals surface area contributed by atoms with Gasteiger partial charge in [-0.25, -0.2) is 8.42 Å². The fourth-order valence-electron chi connectivity index (χ4n) is 4.38. The van der Waals surface area contributed by atoms with Crippen molar-refractivity contribution < 1.29 is 13.2 Å². The molecule has 2 aliphatic carbocycles. The maximum Gasteiger partial charge on any atom is 0.251 e. The summed E-state index contributed by atoms with van der Waals surface area (Å²) < 4.78 is 25.1. The Hall–Kier alpha value is -2.20. The molecule has 30 heavy (non-hydrogen) atoms. The molecule has 0 bridgehead atoms. The van der Waals surface area contributed by atoms with Gasteiger partial charge in [0, 0.05) is 11.3 Å². The zero-order chi connectivity index (χ0) is 21.4. The van der Waals surface area contributed by atoms with Crippen molar-refractivity contribution in [1.29, 1.82) is 0 Å². The van der Waals surface area contributed by atoms with Gasteiger partial charge in [-0.15, -0.1) is 0 Å². The smallest absolute Gasteiger partial charge is 0.251 e. The number of sulfonamides is 1. The Labute approximate surface area is 177 Å². The molecule has 9 nitrogen and oxygen atoms in total. The topological polar surface area (TPSA) is 129 Å². The number of carbonyl (C=O) groups is 1. The zero-order valence-electron chi connectivity index (χ0n) is 17.3. The Bertz CT molecular complexity index is 907. The summed E-state index contributed by atoms with van der Waals surface area (Å²) >= 11 is 0.